The molecule has 3 saturated carbocycles. The van der Waals surface area contributed by atoms with Gasteiger partial charge in [0.05, 0.1) is 21.7 Å². The Morgan fingerprint density at radius 1 is 0.420 bits per heavy atom. The van der Waals surface area contributed by atoms with Gasteiger partial charge in [0, 0.05) is 53.5 Å². The van der Waals surface area contributed by atoms with E-state index in [4.69, 9.17) is 37.3 Å². The standard InChI is InChI=1S/2C18H34O3Si.C17H33NO3Si.C12H20O3.H2/c2*1-17(2,3)22(4,5)20-13-9-10-15-14-18(16(19)21-15)11-7-6-8-12-18;1-16(2,3)22(4,5)20-12-6-7-14-13-17(15(19)21-14)8-10-18-11-9-17;13-8-4-5-10-9-12(11(14)15-10)6-2-1-3-7-12;/h2*15H,6-14H2,1-5H3;14,18H,6-13H2,1-5H3;10,13H,1-9H2;1H. The Balaban J connectivity index is 0.000000236. The molecule has 0 aromatic carbocycles. The maximum atomic E-state index is 12.2. The summed E-state index contributed by atoms with van der Waals surface area (Å²) in [6.45, 7) is 38.6. The van der Waals surface area contributed by atoms with Crippen LogP contribution in [0.5, 0.6) is 0 Å². The molecule has 4 unspecified atom stereocenters. The zero-order valence-corrected chi connectivity index (χ0v) is 57.5. The largest absolute Gasteiger partial charge is 0.462 e. The Hall–Kier alpha value is -1.67. The van der Waals surface area contributed by atoms with E-state index in [0.717, 1.165) is 161 Å². The summed E-state index contributed by atoms with van der Waals surface area (Å²) >= 11 is 0. The first-order valence-corrected chi connectivity index (χ1v) is 41.6. The van der Waals surface area contributed by atoms with Crippen LogP contribution in [-0.4, -0.2) is 118 Å². The van der Waals surface area contributed by atoms with Crippen molar-refractivity contribution in [3.05, 3.63) is 0 Å². The molecule has 5 heterocycles. The van der Waals surface area contributed by atoms with Gasteiger partial charge in [-0.2, -0.15) is 0 Å². The molecule has 3 aliphatic carbocycles. The van der Waals surface area contributed by atoms with Crippen molar-refractivity contribution in [1.82, 2.24) is 5.32 Å². The Morgan fingerprint density at radius 3 is 0.889 bits per heavy atom. The van der Waals surface area contributed by atoms with E-state index >= 15 is 0 Å². The smallest absolute Gasteiger partial charge is 0.312 e. The van der Waals surface area contributed by atoms with E-state index in [9.17, 15) is 19.2 Å². The van der Waals surface area contributed by atoms with Crippen LogP contribution >= 0.6 is 0 Å². The quantitative estimate of drug-likeness (QED) is 0.0577. The number of rotatable bonds is 18. The normalized spacial score (nSPS) is 26.2. The Bertz CT molecular complexity index is 1790. The number of aliphatic hydroxyl groups excluding tert-OH is 1. The summed E-state index contributed by atoms with van der Waals surface area (Å²) in [5, 5.41) is 12.9. The molecular weight excluding hydrogens is 1070 g/mol. The fourth-order valence-corrected chi connectivity index (χ4v) is 16.4. The molecule has 0 bridgehead atoms. The molecule has 5 saturated heterocycles. The molecule has 16 heteroatoms. The summed E-state index contributed by atoms with van der Waals surface area (Å²) in [4.78, 5) is 48.5. The van der Waals surface area contributed by atoms with Crippen LogP contribution in [-0.2, 0) is 51.4 Å². The highest BCUT2D eigenvalue weighted by atomic mass is 28.4. The average Bonchev–Trinajstić information content (AvgIpc) is 4.22. The van der Waals surface area contributed by atoms with E-state index in [-0.39, 0.29) is 93.1 Å². The molecule has 8 fully saturated rings. The Kier molecular flexibility index (Phi) is 25.8. The third kappa shape index (κ3) is 19.4. The maximum Gasteiger partial charge on any atom is 0.312 e. The first-order chi connectivity index (χ1) is 37.8. The molecule has 5 aliphatic heterocycles. The van der Waals surface area contributed by atoms with Gasteiger partial charge in [-0.15, -0.1) is 0 Å². The van der Waals surface area contributed by atoms with Crippen LogP contribution in [0, 0.1) is 21.7 Å². The van der Waals surface area contributed by atoms with Crippen molar-refractivity contribution in [3.8, 4) is 0 Å². The molecule has 4 spiro atoms. The van der Waals surface area contributed by atoms with E-state index in [1.165, 1.54) is 57.8 Å². The molecule has 0 amide bonds. The second kappa shape index (κ2) is 29.8. The molecular formula is C65H123NO12Si3. The van der Waals surface area contributed by atoms with Gasteiger partial charge in [-0.1, -0.05) is 120 Å². The number of cyclic esters (lactones) is 4. The van der Waals surface area contributed by atoms with Crippen molar-refractivity contribution in [2.24, 2.45) is 21.7 Å². The number of aliphatic hydroxyl groups is 1. The maximum absolute atomic E-state index is 12.2. The number of esters is 4. The molecule has 2 N–H and O–H groups in total. The lowest BCUT2D eigenvalue weighted by Crippen LogP contribution is -2.41. The van der Waals surface area contributed by atoms with Crippen molar-refractivity contribution < 1.29 is 57.9 Å². The summed E-state index contributed by atoms with van der Waals surface area (Å²) in [7, 11) is -4.93. The minimum absolute atomic E-state index is 0. The average molecular weight is 1190 g/mol. The van der Waals surface area contributed by atoms with E-state index in [1.807, 2.05) is 0 Å². The highest BCUT2D eigenvalue weighted by molar-refractivity contribution is 6.74. The zero-order valence-electron chi connectivity index (χ0n) is 54.5. The van der Waals surface area contributed by atoms with E-state index in [1.54, 1.807) is 0 Å². The number of carbonyl (C=O) groups is 4. The highest BCUT2D eigenvalue weighted by Gasteiger charge is 2.52. The topological polar surface area (TPSA) is 165 Å². The lowest BCUT2D eigenvalue weighted by atomic mass is 9.72. The minimum atomic E-state index is -1.65. The van der Waals surface area contributed by atoms with Crippen molar-refractivity contribution in [2.45, 2.75) is 327 Å². The van der Waals surface area contributed by atoms with Gasteiger partial charge in [-0.25, -0.2) is 0 Å². The lowest BCUT2D eigenvalue weighted by molar-refractivity contribution is -0.151. The zero-order chi connectivity index (χ0) is 60.0. The highest BCUT2D eigenvalue weighted by Crippen LogP contribution is 2.50. The summed E-state index contributed by atoms with van der Waals surface area (Å²) in [5.41, 5.74) is -0.568. The van der Waals surface area contributed by atoms with E-state index in [2.05, 4.69) is 107 Å². The SMILES string of the molecule is CC(C)(C)[Si](C)(C)OCCCC1CC2(CCCCC2)C(=O)O1.CC(C)(C)[Si](C)(C)OCCCC1CC2(CCCCC2)C(=O)O1.CC(C)(C)[Si](C)(C)OCCCC1CC2(CCNCC2)C(=O)O1.O=C1OC(CCCO)CC12CCCCC2.[HH]. The molecule has 472 valence electrons. The number of carbonyl (C=O) groups excluding carboxylic acids is 4. The van der Waals surface area contributed by atoms with Crippen LogP contribution in [0.2, 0.25) is 54.4 Å². The van der Waals surface area contributed by atoms with Crippen molar-refractivity contribution in [2.75, 3.05) is 39.5 Å². The van der Waals surface area contributed by atoms with Crippen LogP contribution in [0.1, 0.15) is 250 Å². The van der Waals surface area contributed by atoms with Crippen LogP contribution in [0.15, 0.2) is 0 Å². The Morgan fingerprint density at radius 2 is 0.654 bits per heavy atom. The first-order valence-electron chi connectivity index (χ1n) is 32.8. The predicted octanol–water partition coefficient (Wildman–Crippen LogP) is 15.9. The fraction of sp³-hybridized carbons (Fsp3) is 0.938. The van der Waals surface area contributed by atoms with Crippen molar-refractivity contribution in [3.63, 3.8) is 0 Å². The van der Waals surface area contributed by atoms with E-state index < -0.39 is 25.0 Å². The third-order valence-electron chi connectivity index (χ3n) is 21.8. The number of ether oxygens (including phenoxy) is 4. The molecule has 8 aliphatic rings. The van der Waals surface area contributed by atoms with Gasteiger partial charge >= 0.3 is 23.9 Å². The molecule has 13 nitrogen and oxygen atoms in total. The van der Waals surface area contributed by atoms with Crippen LogP contribution in [0.4, 0.5) is 0 Å². The van der Waals surface area contributed by atoms with Crippen LogP contribution < -0.4 is 5.32 Å². The summed E-state index contributed by atoms with van der Waals surface area (Å²) in [6.07, 6.45) is 30.6. The monoisotopic (exact) mass is 1190 g/mol. The summed E-state index contributed by atoms with van der Waals surface area (Å²) < 4.78 is 41.0. The summed E-state index contributed by atoms with van der Waals surface area (Å²) in [5.74, 6) is 0.250. The third-order valence-corrected chi connectivity index (χ3v) is 35.4. The van der Waals surface area contributed by atoms with Gasteiger partial charge in [-0.3, -0.25) is 19.2 Å². The minimum Gasteiger partial charge on any atom is -0.462 e. The second-order valence-electron chi connectivity index (χ2n) is 31.1. The first kappa shape index (κ1) is 70.1. The van der Waals surface area contributed by atoms with Gasteiger partial charge in [-0.05, 0) is 170 Å². The molecule has 8 rings (SSSR count). The molecule has 0 radical (unpaired) electrons. The van der Waals surface area contributed by atoms with E-state index in [0.29, 0.717) is 0 Å². The lowest BCUT2D eigenvalue weighted by Gasteiger charge is -2.36. The van der Waals surface area contributed by atoms with Crippen LogP contribution in [0.25, 0.3) is 0 Å². The van der Waals surface area contributed by atoms with Gasteiger partial charge < -0.3 is 42.6 Å². The van der Waals surface area contributed by atoms with Crippen LogP contribution in [0.3, 0.4) is 0 Å². The van der Waals surface area contributed by atoms with Gasteiger partial charge in [0.15, 0.2) is 25.0 Å². The van der Waals surface area contributed by atoms with Gasteiger partial charge in [0.25, 0.3) is 0 Å². The van der Waals surface area contributed by atoms with Gasteiger partial charge in [0.2, 0.25) is 0 Å². The fourth-order valence-electron chi connectivity index (χ4n) is 13.1. The van der Waals surface area contributed by atoms with Crippen molar-refractivity contribution in [1.29, 1.82) is 0 Å². The van der Waals surface area contributed by atoms with Crippen molar-refractivity contribution >= 4 is 48.8 Å². The molecule has 81 heavy (non-hydrogen) atoms. The van der Waals surface area contributed by atoms with Gasteiger partial charge in [0.1, 0.15) is 24.4 Å². The number of hydrogen-bond donors (Lipinski definition) is 2. The number of nitrogens with one attached hydrogen (secondary N) is 1. The number of piperidine rings is 1. The molecule has 0 aromatic heterocycles. The summed E-state index contributed by atoms with van der Waals surface area (Å²) in [6, 6.07) is 0. The molecule has 4 atom stereocenters. The second-order valence-corrected chi connectivity index (χ2v) is 45.5. The Labute approximate surface area is 498 Å². The predicted molar refractivity (Wildman–Crippen MR) is 335 cm³/mol. The molecule has 0 aromatic rings. The number of hydrogen-bond acceptors (Lipinski definition) is 13.